The highest BCUT2D eigenvalue weighted by molar-refractivity contribution is 5.90. The minimum atomic E-state index is -0.0397. The van der Waals surface area contributed by atoms with Crippen LogP contribution in [0.1, 0.15) is 37.3 Å². The van der Waals surface area contributed by atoms with Crippen LogP contribution in [0.4, 0.5) is 22.1 Å². The van der Waals surface area contributed by atoms with E-state index >= 15 is 0 Å². The van der Waals surface area contributed by atoms with E-state index in [2.05, 4.69) is 57.4 Å². The first-order valence-corrected chi connectivity index (χ1v) is 11.0. The van der Waals surface area contributed by atoms with Crippen LogP contribution < -0.4 is 15.1 Å². The molecule has 0 radical (unpaired) electrons. The van der Waals surface area contributed by atoms with Crippen molar-refractivity contribution in [2.75, 3.05) is 47.8 Å². The second-order valence-electron chi connectivity index (χ2n) is 8.51. The summed E-state index contributed by atoms with van der Waals surface area (Å²) in [4.78, 5) is 19.1. The summed E-state index contributed by atoms with van der Waals surface area (Å²) in [6.45, 7) is 10.3. The first kappa shape index (κ1) is 20.4. The highest BCUT2D eigenvalue weighted by Gasteiger charge is 2.24. The van der Waals surface area contributed by atoms with Gasteiger partial charge in [-0.25, -0.2) is 4.79 Å². The second-order valence-corrected chi connectivity index (χ2v) is 8.51. The molecule has 0 spiro atoms. The van der Waals surface area contributed by atoms with Gasteiger partial charge in [-0.15, -0.1) is 10.2 Å². The molecular formula is C23H32N6O. The van der Waals surface area contributed by atoms with E-state index in [0.29, 0.717) is 19.1 Å². The van der Waals surface area contributed by atoms with Crippen LogP contribution in [-0.2, 0) is 0 Å². The lowest BCUT2D eigenvalue weighted by Gasteiger charge is -2.36. The van der Waals surface area contributed by atoms with Crippen molar-refractivity contribution in [2.45, 2.75) is 46.1 Å². The van der Waals surface area contributed by atoms with Crippen molar-refractivity contribution in [2.24, 2.45) is 0 Å². The van der Waals surface area contributed by atoms with Crippen molar-refractivity contribution in [3.05, 3.63) is 41.5 Å². The molecule has 0 saturated carbocycles. The molecule has 2 aromatic rings. The number of benzene rings is 1. The average molecular weight is 409 g/mol. The lowest BCUT2D eigenvalue weighted by Crippen LogP contribution is -2.50. The molecule has 1 N–H and O–H groups in total. The van der Waals surface area contributed by atoms with Gasteiger partial charge < -0.3 is 20.0 Å². The molecule has 2 fully saturated rings. The maximum Gasteiger partial charge on any atom is 0.321 e. The number of carbonyl (C=O) groups excluding carboxylic acids is 1. The third-order valence-corrected chi connectivity index (χ3v) is 6.25. The predicted molar refractivity (Wildman–Crippen MR) is 121 cm³/mol. The van der Waals surface area contributed by atoms with E-state index in [4.69, 9.17) is 0 Å². The van der Waals surface area contributed by atoms with Crippen LogP contribution in [0.25, 0.3) is 0 Å². The van der Waals surface area contributed by atoms with Crippen molar-refractivity contribution < 1.29 is 4.79 Å². The van der Waals surface area contributed by atoms with E-state index in [-0.39, 0.29) is 6.03 Å². The van der Waals surface area contributed by atoms with Gasteiger partial charge in [0.2, 0.25) is 0 Å². The Labute approximate surface area is 179 Å². The quantitative estimate of drug-likeness (QED) is 0.836. The Morgan fingerprint density at radius 3 is 2.37 bits per heavy atom. The van der Waals surface area contributed by atoms with Crippen molar-refractivity contribution in [3.63, 3.8) is 0 Å². The van der Waals surface area contributed by atoms with Gasteiger partial charge in [0.05, 0.1) is 0 Å². The van der Waals surface area contributed by atoms with Gasteiger partial charge in [-0.1, -0.05) is 17.7 Å². The number of rotatable bonds is 3. The van der Waals surface area contributed by atoms with Crippen molar-refractivity contribution in [1.29, 1.82) is 0 Å². The monoisotopic (exact) mass is 408 g/mol. The van der Waals surface area contributed by atoms with Crippen molar-refractivity contribution in [3.8, 4) is 0 Å². The van der Waals surface area contributed by atoms with E-state index in [0.717, 1.165) is 42.5 Å². The van der Waals surface area contributed by atoms with Gasteiger partial charge in [-0.3, -0.25) is 0 Å². The Bertz CT molecular complexity index is 876. The van der Waals surface area contributed by atoms with Crippen LogP contribution in [0.15, 0.2) is 30.3 Å². The summed E-state index contributed by atoms with van der Waals surface area (Å²) >= 11 is 0. The van der Waals surface area contributed by atoms with Gasteiger partial charge in [0.1, 0.15) is 0 Å². The molecule has 1 atom stereocenters. The number of carbonyl (C=O) groups is 1. The van der Waals surface area contributed by atoms with Crippen LogP contribution in [0.5, 0.6) is 0 Å². The molecule has 2 aliphatic heterocycles. The molecule has 30 heavy (non-hydrogen) atoms. The van der Waals surface area contributed by atoms with Crippen LogP contribution >= 0.6 is 0 Å². The molecule has 0 aliphatic carbocycles. The summed E-state index contributed by atoms with van der Waals surface area (Å²) in [5.74, 6) is 1.86. The number of hydrogen-bond donors (Lipinski definition) is 1. The summed E-state index contributed by atoms with van der Waals surface area (Å²) in [7, 11) is 0. The molecule has 1 unspecified atom stereocenters. The molecular weight excluding hydrogens is 376 g/mol. The third-order valence-electron chi connectivity index (χ3n) is 6.25. The molecule has 7 nitrogen and oxygen atoms in total. The van der Waals surface area contributed by atoms with E-state index in [1.165, 1.54) is 24.8 Å². The number of aromatic nitrogens is 2. The molecule has 4 rings (SSSR count). The third kappa shape index (κ3) is 4.50. The Balaban J connectivity index is 1.32. The Kier molecular flexibility index (Phi) is 6.06. The van der Waals surface area contributed by atoms with Crippen LogP contribution in [-0.4, -0.2) is 59.9 Å². The summed E-state index contributed by atoms with van der Waals surface area (Å²) < 4.78 is 0. The van der Waals surface area contributed by atoms with Gasteiger partial charge in [0.15, 0.2) is 11.6 Å². The van der Waals surface area contributed by atoms with Gasteiger partial charge in [0.25, 0.3) is 0 Å². The minimum Gasteiger partial charge on any atom is -0.352 e. The van der Waals surface area contributed by atoms with Gasteiger partial charge >= 0.3 is 6.03 Å². The fraction of sp³-hybridized carbons (Fsp3) is 0.522. The summed E-state index contributed by atoms with van der Waals surface area (Å²) in [5.41, 5.74) is 3.16. The molecule has 3 heterocycles. The number of piperazine rings is 1. The normalized spacial score (nSPS) is 19.7. The number of nitrogens with one attached hydrogen (secondary N) is 1. The van der Waals surface area contributed by atoms with Crippen LogP contribution in [0.2, 0.25) is 0 Å². The SMILES string of the molecule is Cc1ccc(NC(=O)N2CCN(c3ccc(N4CCCCC4C)nn3)CC2)c(C)c1. The number of urea groups is 1. The lowest BCUT2D eigenvalue weighted by molar-refractivity contribution is 0.208. The lowest BCUT2D eigenvalue weighted by atomic mass is 10.0. The highest BCUT2D eigenvalue weighted by atomic mass is 16.2. The molecule has 1 aromatic carbocycles. The van der Waals surface area contributed by atoms with Crippen LogP contribution in [0, 0.1) is 13.8 Å². The zero-order chi connectivity index (χ0) is 21.1. The Morgan fingerprint density at radius 1 is 0.967 bits per heavy atom. The molecule has 7 heteroatoms. The maximum absolute atomic E-state index is 12.7. The largest absolute Gasteiger partial charge is 0.352 e. The van der Waals surface area contributed by atoms with E-state index < -0.39 is 0 Å². The fourth-order valence-electron chi connectivity index (χ4n) is 4.37. The highest BCUT2D eigenvalue weighted by Crippen LogP contribution is 2.24. The topological polar surface area (TPSA) is 64.6 Å². The van der Waals surface area contributed by atoms with E-state index in [9.17, 15) is 4.79 Å². The number of aryl methyl sites for hydroxylation is 2. The number of nitrogens with zero attached hydrogens (tertiary/aromatic N) is 5. The van der Waals surface area contributed by atoms with Crippen LogP contribution in [0.3, 0.4) is 0 Å². The summed E-state index contributed by atoms with van der Waals surface area (Å²) in [5, 5.41) is 12.0. The zero-order valence-electron chi connectivity index (χ0n) is 18.3. The molecule has 1 aromatic heterocycles. The smallest absolute Gasteiger partial charge is 0.321 e. The predicted octanol–water partition coefficient (Wildman–Crippen LogP) is 3.83. The number of anilines is 3. The van der Waals surface area contributed by atoms with Gasteiger partial charge in [-0.05, 0) is 63.8 Å². The fourth-order valence-corrected chi connectivity index (χ4v) is 4.37. The first-order valence-electron chi connectivity index (χ1n) is 11.0. The average Bonchev–Trinajstić information content (AvgIpc) is 2.76. The minimum absolute atomic E-state index is 0.0397. The van der Waals surface area contributed by atoms with Crippen molar-refractivity contribution >= 4 is 23.4 Å². The molecule has 2 amide bonds. The number of piperidine rings is 1. The number of hydrogen-bond acceptors (Lipinski definition) is 5. The summed E-state index contributed by atoms with van der Waals surface area (Å²) in [6.07, 6.45) is 3.74. The van der Waals surface area contributed by atoms with Gasteiger partial charge in [-0.2, -0.15) is 0 Å². The standard InChI is InChI=1S/C23H32N6O/c1-17-7-8-20(18(2)16-17)24-23(30)28-14-12-27(13-15-28)21-9-10-22(26-25-21)29-11-5-4-6-19(29)3/h7-10,16,19H,4-6,11-15H2,1-3H3,(H,24,30). The molecule has 2 saturated heterocycles. The molecule has 2 aliphatic rings. The van der Waals surface area contributed by atoms with Gasteiger partial charge in [0, 0.05) is 44.5 Å². The molecule has 0 bridgehead atoms. The zero-order valence-corrected chi connectivity index (χ0v) is 18.3. The summed E-state index contributed by atoms with van der Waals surface area (Å²) in [6, 6.07) is 10.7. The first-order chi connectivity index (χ1) is 14.5. The second kappa shape index (κ2) is 8.90. The van der Waals surface area contributed by atoms with Crippen molar-refractivity contribution in [1.82, 2.24) is 15.1 Å². The van der Waals surface area contributed by atoms with E-state index in [1.807, 2.05) is 24.0 Å². The number of amides is 2. The Hall–Kier alpha value is -2.83. The molecule has 160 valence electrons. The maximum atomic E-state index is 12.7. The van der Waals surface area contributed by atoms with E-state index in [1.54, 1.807) is 0 Å². The Morgan fingerprint density at radius 2 is 1.70 bits per heavy atom.